The van der Waals surface area contributed by atoms with Gasteiger partial charge in [-0.3, -0.25) is 4.79 Å². The maximum atomic E-state index is 12.6. The van der Waals surface area contributed by atoms with Crippen LogP contribution in [0.25, 0.3) is 11.0 Å². The molecule has 0 amide bonds. The molecule has 3 aromatic rings. The molecule has 0 saturated carbocycles. The van der Waals surface area contributed by atoms with Gasteiger partial charge in [-0.15, -0.1) is 0 Å². The van der Waals surface area contributed by atoms with Crippen molar-refractivity contribution in [2.75, 3.05) is 0 Å². The summed E-state index contributed by atoms with van der Waals surface area (Å²) in [6.07, 6.45) is 3.59. The van der Waals surface area contributed by atoms with Crippen LogP contribution in [0, 0.1) is 5.92 Å². The number of halogens is 2. The number of hydrogen-bond donors (Lipinski definition) is 1. The minimum absolute atomic E-state index is 0.0968. The van der Waals surface area contributed by atoms with Gasteiger partial charge in [-0.1, -0.05) is 47.5 Å². The van der Waals surface area contributed by atoms with E-state index in [1.807, 2.05) is 6.07 Å². The van der Waals surface area contributed by atoms with Gasteiger partial charge >= 0.3 is 5.97 Å². The Labute approximate surface area is 161 Å². The number of imidazole rings is 1. The summed E-state index contributed by atoms with van der Waals surface area (Å²) in [6.45, 7) is 0.0968. The van der Waals surface area contributed by atoms with E-state index in [0.717, 1.165) is 31.2 Å². The highest BCUT2D eigenvalue weighted by Gasteiger charge is 2.24. The zero-order chi connectivity index (χ0) is 18.1. The van der Waals surface area contributed by atoms with Crippen LogP contribution in [0.2, 0.25) is 10.0 Å². The third-order valence-corrected chi connectivity index (χ3v) is 5.33. The second-order valence-electron chi connectivity index (χ2n) is 6.64. The van der Waals surface area contributed by atoms with Crippen LogP contribution in [0.4, 0.5) is 0 Å². The summed E-state index contributed by atoms with van der Waals surface area (Å²) in [5, 5.41) is 1.01. The van der Waals surface area contributed by atoms with Crippen LogP contribution >= 0.6 is 23.2 Å². The van der Waals surface area contributed by atoms with E-state index in [2.05, 4.69) is 28.2 Å². The Morgan fingerprint density at radius 3 is 2.88 bits per heavy atom. The molecule has 0 saturated heterocycles. The third-order valence-electron chi connectivity index (χ3n) is 4.82. The van der Waals surface area contributed by atoms with Crippen LogP contribution in [0.5, 0.6) is 0 Å². The van der Waals surface area contributed by atoms with E-state index >= 15 is 0 Å². The summed E-state index contributed by atoms with van der Waals surface area (Å²) < 4.78 is 5.53. The van der Waals surface area contributed by atoms with Gasteiger partial charge in [0.2, 0.25) is 0 Å². The van der Waals surface area contributed by atoms with E-state index in [4.69, 9.17) is 27.9 Å². The molecule has 6 heteroatoms. The Morgan fingerprint density at radius 2 is 2.04 bits per heavy atom. The number of aromatic amines is 1. The first-order valence-corrected chi connectivity index (χ1v) is 9.43. The van der Waals surface area contributed by atoms with Crippen molar-refractivity contribution in [3.8, 4) is 0 Å². The first kappa shape index (κ1) is 17.4. The van der Waals surface area contributed by atoms with Crippen LogP contribution in [-0.4, -0.2) is 15.9 Å². The standard InChI is InChI=1S/C20H18Cl2N2O2/c21-15-9-16(22)19-17(10-15)23-18(24-19)11-26-20(25)14-7-3-6-12-4-1-2-5-13(12)8-14/h1-2,4-5,9-10,14H,3,6-8,11H2,(H,23,24). The molecule has 0 radical (unpaired) electrons. The van der Waals surface area contributed by atoms with Gasteiger partial charge in [0.1, 0.15) is 17.9 Å². The van der Waals surface area contributed by atoms with Gasteiger partial charge in [0.25, 0.3) is 0 Å². The monoisotopic (exact) mass is 388 g/mol. The highest BCUT2D eigenvalue weighted by atomic mass is 35.5. The molecular formula is C20H18Cl2N2O2. The molecule has 1 heterocycles. The van der Waals surface area contributed by atoms with E-state index in [1.54, 1.807) is 12.1 Å². The maximum Gasteiger partial charge on any atom is 0.309 e. The van der Waals surface area contributed by atoms with Crippen LogP contribution in [-0.2, 0) is 29.0 Å². The predicted octanol–water partition coefficient (Wildman–Crippen LogP) is 5.11. The molecule has 26 heavy (non-hydrogen) atoms. The number of esters is 1. The van der Waals surface area contributed by atoms with Crippen molar-refractivity contribution < 1.29 is 9.53 Å². The number of carbonyl (C=O) groups is 1. The zero-order valence-electron chi connectivity index (χ0n) is 14.1. The molecule has 1 N–H and O–H groups in total. The molecule has 0 bridgehead atoms. The lowest BCUT2D eigenvalue weighted by Crippen LogP contribution is -2.19. The number of aryl methyl sites for hydroxylation is 1. The van der Waals surface area contributed by atoms with Gasteiger partial charge in [-0.25, -0.2) is 4.98 Å². The molecule has 1 aliphatic carbocycles. The van der Waals surface area contributed by atoms with Gasteiger partial charge < -0.3 is 9.72 Å². The fourth-order valence-corrected chi connectivity index (χ4v) is 4.06. The average Bonchev–Trinajstić information content (AvgIpc) is 2.90. The van der Waals surface area contributed by atoms with E-state index < -0.39 is 0 Å². The second-order valence-corrected chi connectivity index (χ2v) is 7.48. The molecule has 1 aromatic heterocycles. The molecule has 2 aromatic carbocycles. The van der Waals surface area contributed by atoms with E-state index in [9.17, 15) is 4.79 Å². The lowest BCUT2D eigenvalue weighted by Gasteiger charge is -2.13. The zero-order valence-corrected chi connectivity index (χ0v) is 15.6. The van der Waals surface area contributed by atoms with E-state index in [0.29, 0.717) is 21.4 Å². The number of hydrogen-bond acceptors (Lipinski definition) is 3. The molecule has 1 unspecified atom stereocenters. The average molecular weight is 389 g/mol. The first-order valence-electron chi connectivity index (χ1n) is 8.67. The molecule has 4 nitrogen and oxygen atoms in total. The van der Waals surface area contributed by atoms with Crippen molar-refractivity contribution in [2.24, 2.45) is 5.92 Å². The quantitative estimate of drug-likeness (QED) is 0.500. The van der Waals surface area contributed by atoms with Crippen LogP contribution < -0.4 is 0 Å². The third kappa shape index (κ3) is 3.57. The van der Waals surface area contributed by atoms with Crippen molar-refractivity contribution in [2.45, 2.75) is 32.3 Å². The Balaban J connectivity index is 1.45. The molecule has 1 atom stereocenters. The number of rotatable bonds is 3. The minimum Gasteiger partial charge on any atom is -0.457 e. The summed E-state index contributed by atoms with van der Waals surface area (Å²) in [7, 11) is 0. The smallest absolute Gasteiger partial charge is 0.309 e. The van der Waals surface area contributed by atoms with Crippen molar-refractivity contribution in [3.05, 3.63) is 63.4 Å². The van der Waals surface area contributed by atoms with Gasteiger partial charge in [0, 0.05) is 5.02 Å². The second kappa shape index (κ2) is 7.29. The molecular weight excluding hydrogens is 371 g/mol. The summed E-state index contributed by atoms with van der Waals surface area (Å²) >= 11 is 12.2. The highest BCUT2D eigenvalue weighted by molar-refractivity contribution is 6.38. The fourth-order valence-electron chi connectivity index (χ4n) is 3.53. The Bertz CT molecular complexity index is 968. The summed E-state index contributed by atoms with van der Waals surface area (Å²) in [5.74, 6) is 0.277. The summed E-state index contributed by atoms with van der Waals surface area (Å²) in [6, 6.07) is 11.7. The molecule has 0 spiro atoms. The summed E-state index contributed by atoms with van der Waals surface area (Å²) in [5.41, 5.74) is 3.95. The molecule has 4 rings (SSSR count). The maximum absolute atomic E-state index is 12.6. The number of benzene rings is 2. The highest BCUT2D eigenvalue weighted by Crippen LogP contribution is 2.27. The van der Waals surface area contributed by atoms with Gasteiger partial charge in [0.15, 0.2) is 0 Å². The van der Waals surface area contributed by atoms with Crippen molar-refractivity contribution in [3.63, 3.8) is 0 Å². The van der Waals surface area contributed by atoms with Crippen molar-refractivity contribution >= 4 is 40.2 Å². The van der Waals surface area contributed by atoms with Crippen molar-refractivity contribution in [1.82, 2.24) is 9.97 Å². The largest absolute Gasteiger partial charge is 0.457 e. The minimum atomic E-state index is -0.175. The number of ether oxygens (including phenoxy) is 1. The molecule has 0 aliphatic heterocycles. The molecule has 134 valence electrons. The van der Waals surface area contributed by atoms with Gasteiger partial charge in [0.05, 0.1) is 16.5 Å². The molecule has 0 fully saturated rings. The normalized spacial score (nSPS) is 16.9. The van der Waals surface area contributed by atoms with Crippen molar-refractivity contribution in [1.29, 1.82) is 0 Å². The number of fused-ring (bicyclic) bond motifs is 2. The van der Waals surface area contributed by atoms with Gasteiger partial charge in [-0.2, -0.15) is 0 Å². The Hall–Kier alpha value is -2.04. The Morgan fingerprint density at radius 1 is 1.23 bits per heavy atom. The lowest BCUT2D eigenvalue weighted by atomic mass is 9.97. The number of aromatic nitrogens is 2. The number of carbonyl (C=O) groups excluding carboxylic acids is 1. The predicted molar refractivity (Wildman–Crippen MR) is 102 cm³/mol. The SMILES string of the molecule is O=C(OCc1nc2c(Cl)cc(Cl)cc2[nH]1)C1CCCc2ccccc2C1. The van der Waals surface area contributed by atoms with Crippen LogP contribution in [0.3, 0.4) is 0 Å². The van der Waals surface area contributed by atoms with Crippen LogP contribution in [0.15, 0.2) is 36.4 Å². The van der Waals surface area contributed by atoms with Gasteiger partial charge in [-0.05, 0) is 48.9 Å². The molecule has 1 aliphatic rings. The summed E-state index contributed by atoms with van der Waals surface area (Å²) in [4.78, 5) is 20.1. The Kier molecular flexibility index (Phi) is 4.88. The number of nitrogens with one attached hydrogen (secondary N) is 1. The van der Waals surface area contributed by atoms with E-state index in [-0.39, 0.29) is 18.5 Å². The van der Waals surface area contributed by atoms with E-state index in [1.165, 1.54) is 11.1 Å². The first-order chi connectivity index (χ1) is 12.6. The lowest BCUT2D eigenvalue weighted by molar-refractivity contribution is -0.150. The number of nitrogens with zero attached hydrogens (tertiary/aromatic N) is 1. The fraction of sp³-hybridized carbons (Fsp3) is 0.300. The number of H-pyrrole nitrogens is 1. The topological polar surface area (TPSA) is 55.0 Å². The van der Waals surface area contributed by atoms with Crippen LogP contribution in [0.1, 0.15) is 29.8 Å².